The lowest BCUT2D eigenvalue weighted by Crippen LogP contribution is -2.20. The van der Waals surface area contributed by atoms with E-state index in [0.717, 1.165) is 15.4 Å². The van der Waals surface area contributed by atoms with Crippen LogP contribution in [0, 0.1) is 0 Å². The molecule has 0 fully saturated rings. The fourth-order valence-corrected chi connectivity index (χ4v) is 2.51. The van der Waals surface area contributed by atoms with Crippen molar-refractivity contribution in [3.05, 3.63) is 53.3 Å². The third kappa shape index (κ3) is 3.80. The van der Waals surface area contributed by atoms with E-state index >= 15 is 0 Å². The molecule has 0 atom stereocenters. The zero-order chi connectivity index (χ0) is 16.9. The first-order chi connectivity index (χ1) is 11.7. The number of carbonyl (C=O) groups excluding carboxylic acids is 1. The van der Waals surface area contributed by atoms with Gasteiger partial charge in [-0.1, -0.05) is 22.0 Å². The SMILES string of the molecule is COc1cccc(NC(=O)COc2ncnc3ccc(Br)cc23)c1. The molecule has 1 amide bonds. The fraction of sp³-hybridized carbons (Fsp3) is 0.118. The van der Waals surface area contributed by atoms with Crippen molar-refractivity contribution in [3.63, 3.8) is 0 Å². The van der Waals surface area contributed by atoms with Crippen LogP contribution in [-0.4, -0.2) is 29.6 Å². The first-order valence-electron chi connectivity index (χ1n) is 7.12. The van der Waals surface area contributed by atoms with Gasteiger partial charge in [-0.2, -0.15) is 0 Å². The molecule has 0 unspecified atom stereocenters. The molecule has 24 heavy (non-hydrogen) atoms. The molecule has 1 N–H and O–H groups in total. The smallest absolute Gasteiger partial charge is 0.262 e. The zero-order valence-electron chi connectivity index (χ0n) is 12.8. The van der Waals surface area contributed by atoms with Crippen LogP contribution in [0.2, 0.25) is 0 Å². The normalized spacial score (nSPS) is 10.4. The molecule has 0 aliphatic carbocycles. The first kappa shape index (κ1) is 16.2. The summed E-state index contributed by atoms with van der Waals surface area (Å²) in [5.41, 5.74) is 1.38. The molecule has 1 heterocycles. The summed E-state index contributed by atoms with van der Waals surface area (Å²) in [6, 6.07) is 12.7. The number of fused-ring (bicyclic) bond motifs is 1. The number of aromatic nitrogens is 2. The number of benzene rings is 2. The minimum atomic E-state index is -0.287. The van der Waals surface area contributed by atoms with Crippen LogP contribution in [0.25, 0.3) is 10.9 Å². The Balaban J connectivity index is 1.69. The fourth-order valence-electron chi connectivity index (χ4n) is 2.15. The Labute approximate surface area is 147 Å². The van der Waals surface area contributed by atoms with Gasteiger partial charge in [0, 0.05) is 16.2 Å². The summed E-state index contributed by atoms with van der Waals surface area (Å²) in [4.78, 5) is 20.3. The molecule has 0 saturated heterocycles. The van der Waals surface area contributed by atoms with Crippen LogP contribution in [-0.2, 0) is 4.79 Å². The van der Waals surface area contributed by atoms with E-state index < -0.39 is 0 Å². The second-order valence-electron chi connectivity index (χ2n) is 4.91. The number of carbonyl (C=O) groups is 1. The van der Waals surface area contributed by atoms with Crippen LogP contribution in [0.1, 0.15) is 0 Å². The maximum Gasteiger partial charge on any atom is 0.262 e. The van der Waals surface area contributed by atoms with Crippen molar-refractivity contribution in [2.45, 2.75) is 0 Å². The molecule has 1 aromatic heterocycles. The van der Waals surface area contributed by atoms with Gasteiger partial charge < -0.3 is 14.8 Å². The predicted molar refractivity (Wildman–Crippen MR) is 94.4 cm³/mol. The number of amides is 1. The monoisotopic (exact) mass is 387 g/mol. The molecule has 0 aliphatic heterocycles. The van der Waals surface area contributed by atoms with Gasteiger partial charge in [0.1, 0.15) is 12.1 Å². The largest absolute Gasteiger partial charge is 0.497 e. The van der Waals surface area contributed by atoms with Gasteiger partial charge in [0.25, 0.3) is 5.91 Å². The van der Waals surface area contributed by atoms with Crippen LogP contribution in [0.5, 0.6) is 11.6 Å². The molecule has 0 radical (unpaired) electrons. The van der Waals surface area contributed by atoms with Crippen molar-refractivity contribution < 1.29 is 14.3 Å². The van der Waals surface area contributed by atoms with E-state index in [1.807, 2.05) is 18.2 Å². The van der Waals surface area contributed by atoms with E-state index in [-0.39, 0.29) is 12.5 Å². The standard InChI is InChI=1S/C17H14BrN3O3/c1-23-13-4-2-3-12(8-13)21-16(22)9-24-17-14-7-11(18)5-6-15(14)19-10-20-17/h2-8,10H,9H2,1H3,(H,21,22). The Morgan fingerprint density at radius 1 is 1.21 bits per heavy atom. The van der Waals surface area contributed by atoms with E-state index in [9.17, 15) is 4.79 Å². The number of rotatable bonds is 5. The number of nitrogens with one attached hydrogen (secondary N) is 1. The molecule has 0 aliphatic rings. The number of hydrogen-bond donors (Lipinski definition) is 1. The average Bonchev–Trinajstić information content (AvgIpc) is 2.60. The Bertz CT molecular complexity index is 886. The Morgan fingerprint density at radius 3 is 2.92 bits per heavy atom. The Hall–Kier alpha value is -2.67. The lowest BCUT2D eigenvalue weighted by Gasteiger charge is -2.09. The summed E-state index contributed by atoms with van der Waals surface area (Å²) >= 11 is 3.40. The van der Waals surface area contributed by atoms with E-state index in [4.69, 9.17) is 9.47 Å². The molecule has 3 aromatic rings. The van der Waals surface area contributed by atoms with Crippen LogP contribution in [0.4, 0.5) is 5.69 Å². The van der Waals surface area contributed by atoms with Crippen molar-refractivity contribution in [2.24, 2.45) is 0 Å². The van der Waals surface area contributed by atoms with Gasteiger partial charge in [-0.15, -0.1) is 0 Å². The van der Waals surface area contributed by atoms with Crippen molar-refractivity contribution in [1.82, 2.24) is 9.97 Å². The van der Waals surface area contributed by atoms with Gasteiger partial charge in [-0.25, -0.2) is 9.97 Å². The highest BCUT2D eigenvalue weighted by atomic mass is 79.9. The highest BCUT2D eigenvalue weighted by molar-refractivity contribution is 9.10. The summed E-state index contributed by atoms with van der Waals surface area (Å²) in [5.74, 6) is 0.743. The second kappa shape index (κ2) is 7.27. The Morgan fingerprint density at radius 2 is 2.08 bits per heavy atom. The van der Waals surface area contributed by atoms with Gasteiger partial charge in [-0.3, -0.25) is 4.79 Å². The zero-order valence-corrected chi connectivity index (χ0v) is 14.4. The molecule has 7 heteroatoms. The van der Waals surface area contributed by atoms with Crippen molar-refractivity contribution in [3.8, 4) is 11.6 Å². The molecular weight excluding hydrogens is 374 g/mol. The molecule has 6 nitrogen and oxygen atoms in total. The average molecular weight is 388 g/mol. The topological polar surface area (TPSA) is 73.3 Å². The minimum Gasteiger partial charge on any atom is -0.497 e. The maximum absolute atomic E-state index is 12.1. The van der Waals surface area contributed by atoms with E-state index in [2.05, 4.69) is 31.2 Å². The quantitative estimate of drug-likeness (QED) is 0.725. The molecule has 0 spiro atoms. The van der Waals surface area contributed by atoms with Gasteiger partial charge >= 0.3 is 0 Å². The molecular formula is C17H14BrN3O3. The third-order valence-corrected chi connectivity index (χ3v) is 3.75. The van der Waals surface area contributed by atoms with Crippen molar-refractivity contribution in [1.29, 1.82) is 0 Å². The maximum atomic E-state index is 12.1. The minimum absolute atomic E-state index is 0.157. The number of ether oxygens (including phenoxy) is 2. The van der Waals surface area contributed by atoms with E-state index in [1.54, 1.807) is 31.4 Å². The predicted octanol–water partition coefficient (Wildman–Crippen LogP) is 3.42. The van der Waals surface area contributed by atoms with Gasteiger partial charge in [0.15, 0.2) is 6.61 Å². The molecule has 2 aromatic carbocycles. The summed E-state index contributed by atoms with van der Waals surface area (Å²) in [5, 5.41) is 3.49. The number of nitrogens with zero attached hydrogens (tertiary/aromatic N) is 2. The van der Waals surface area contributed by atoms with Gasteiger partial charge in [0.05, 0.1) is 18.0 Å². The lowest BCUT2D eigenvalue weighted by molar-refractivity contribution is -0.118. The number of halogens is 1. The molecule has 3 rings (SSSR count). The van der Waals surface area contributed by atoms with Crippen LogP contribution < -0.4 is 14.8 Å². The van der Waals surface area contributed by atoms with Crippen LogP contribution >= 0.6 is 15.9 Å². The summed E-state index contributed by atoms with van der Waals surface area (Å²) in [6.45, 7) is -0.157. The summed E-state index contributed by atoms with van der Waals surface area (Å²) < 4.78 is 11.6. The summed E-state index contributed by atoms with van der Waals surface area (Å²) in [7, 11) is 1.57. The Kier molecular flexibility index (Phi) is 4.90. The molecule has 0 bridgehead atoms. The highest BCUT2D eigenvalue weighted by Gasteiger charge is 2.09. The molecule has 0 saturated carbocycles. The van der Waals surface area contributed by atoms with E-state index in [0.29, 0.717) is 17.3 Å². The third-order valence-electron chi connectivity index (χ3n) is 3.25. The lowest BCUT2D eigenvalue weighted by atomic mass is 10.2. The van der Waals surface area contributed by atoms with Gasteiger partial charge in [0.2, 0.25) is 5.88 Å². The van der Waals surface area contributed by atoms with Crippen molar-refractivity contribution in [2.75, 3.05) is 19.0 Å². The van der Waals surface area contributed by atoms with Gasteiger partial charge in [-0.05, 0) is 30.3 Å². The molecule has 122 valence electrons. The summed E-state index contributed by atoms with van der Waals surface area (Å²) in [6.07, 6.45) is 1.41. The van der Waals surface area contributed by atoms with Crippen molar-refractivity contribution >= 4 is 38.4 Å². The first-order valence-corrected chi connectivity index (χ1v) is 7.92. The van der Waals surface area contributed by atoms with E-state index in [1.165, 1.54) is 6.33 Å². The number of anilines is 1. The number of hydrogen-bond acceptors (Lipinski definition) is 5. The second-order valence-corrected chi connectivity index (χ2v) is 5.82. The van der Waals surface area contributed by atoms with Crippen LogP contribution in [0.3, 0.4) is 0 Å². The van der Waals surface area contributed by atoms with Crippen LogP contribution in [0.15, 0.2) is 53.3 Å². The number of methoxy groups -OCH3 is 1. The highest BCUT2D eigenvalue weighted by Crippen LogP contribution is 2.25.